The normalized spacial score (nSPS) is 23.7. The minimum Gasteiger partial charge on any atom is -0.444 e. The molecule has 408 valence electrons. The van der Waals surface area contributed by atoms with Crippen molar-refractivity contribution in [3.8, 4) is 5.75 Å². The molecule has 73 heavy (non-hydrogen) atoms. The van der Waals surface area contributed by atoms with Crippen molar-refractivity contribution in [3.63, 3.8) is 0 Å². The number of fused-ring (bicyclic) bond motifs is 2. The lowest BCUT2D eigenvalue weighted by molar-refractivity contribution is -0.0500. The van der Waals surface area contributed by atoms with Gasteiger partial charge in [0.1, 0.15) is 17.0 Å². The molecule has 3 fully saturated rings. The quantitative estimate of drug-likeness (QED) is 0.121. The first kappa shape index (κ1) is 60.3. The molecule has 0 radical (unpaired) electrons. The molecule has 0 aromatic heterocycles. The lowest BCUT2D eigenvalue weighted by Crippen LogP contribution is -2.41. The van der Waals surface area contributed by atoms with Crippen molar-refractivity contribution in [2.45, 2.75) is 238 Å². The van der Waals surface area contributed by atoms with E-state index in [1.807, 2.05) is 76.2 Å². The summed E-state index contributed by atoms with van der Waals surface area (Å²) in [6.45, 7) is 35.3. The predicted molar refractivity (Wildman–Crippen MR) is 276 cm³/mol. The summed E-state index contributed by atoms with van der Waals surface area (Å²) in [6.07, 6.45) is 5.82. The summed E-state index contributed by atoms with van der Waals surface area (Å²) < 4.78 is 111. The fourth-order valence-electron chi connectivity index (χ4n) is 8.51. The highest BCUT2D eigenvalue weighted by Crippen LogP contribution is 2.43. The molecule has 2 aliphatic carbocycles. The van der Waals surface area contributed by atoms with E-state index in [1.165, 1.54) is 23.3 Å². The average Bonchev–Trinajstić information content (AvgIpc) is 3.48. The van der Waals surface area contributed by atoms with E-state index in [-0.39, 0.29) is 58.9 Å². The minimum atomic E-state index is -5.73. The molecule has 2 N–H and O–H groups in total. The van der Waals surface area contributed by atoms with Crippen LogP contribution in [0.3, 0.4) is 0 Å². The third kappa shape index (κ3) is 15.1. The number of ether oxygens (including phenoxy) is 2. The molecule has 3 saturated heterocycles. The highest BCUT2D eigenvalue weighted by molar-refractivity contribution is 7.88. The van der Waals surface area contributed by atoms with E-state index in [4.69, 9.17) is 37.4 Å². The van der Waals surface area contributed by atoms with E-state index in [2.05, 4.69) is 60.7 Å². The van der Waals surface area contributed by atoms with Crippen LogP contribution in [0.2, 0.25) is 0 Å². The third-order valence-electron chi connectivity index (χ3n) is 14.6. The van der Waals surface area contributed by atoms with Crippen molar-refractivity contribution in [2.24, 2.45) is 0 Å². The summed E-state index contributed by atoms with van der Waals surface area (Å²) in [4.78, 5) is 24.3. The number of alkyl halides is 3. The number of carbonyl (C=O) groups excluding carboxylic acids is 2. The molecule has 0 bridgehead atoms. The average molecular weight is 1050 g/mol. The standard InChI is InChI=1S/C22H34BNO4.C17H22F3NO5S.C12H24B2O4/c1-20(2,3)26-19(25)24-18-11-9-8-10-15-14-16(12-13-17(15)18)23-27-21(4,5)22(6,7)28-23;1-16(2,3)25-15(22)21-14-7-5-4-6-11-10-12(8-9-13(11)14)26-27(23,24)17(18,19)20;1-9(2)10(3,4)16-13(15-9)14-17-11(5,6)12(7,8)18-14/h12-14,18H,8-11H2,1-7H3,(H,24,25);8-10,14H,4-7H2,1-3H3,(H,21,22);1-8H3/t18-;14-;/m11./s1. The van der Waals surface area contributed by atoms with Gasteiger partial charge < -0.3 is 52.2 Å². The fraction of sp³-hybridized carbons (Fsp3) is 0.725. The van der Waals surface area contributed by atoms with Gasteiger partial charge in [-0.25, -0.2) is 9.59 Å². The van der Waals surface area contributed by atoms with Gasteiger partial charge in [-0.1, -0.05) is 37.1 Å². The van der Waals surface area contributed by atoms with Gasteiger partial charge >= 0.3 is 48.9 Å². The van der Waals surface area contributed by atoms with E-state index >= 15 is 0 Å². The molecular weight excluding hydrogens is 970 g/mol. The van der Waals surface area contributed by atoms with Crippen LogP contribution in [0.25, 0.3) is 0 Å². The Morgan fingerprint density at radius 1 is 0.562 bits per heavy atom. The minimum absolute atomic E-state index is 0.0281. The summed E-state index contributed by atoms with van der Waals surface area (Å²) in [5, 5.41) is 5.83. The largest absolute Gasteiger partial charge is 0.534 e. The number of halogens is 3. The summed E-state index contributed by atoms with van der Waals surface area (Å²) in [5.74, 6) is -0.413. The Labute approximate surface area is 433 Å². The molecule has 2 aromatic carbocycles. The molecule has 22 heteroatoms. The van der Waals surface area contributed by atoms with Gasteiger partial charge in [0.15, 0.2) is 0 Å². The fourth-order valence-corrected chi connectivity index (χ4v) is 8.96. The molecule has 2 aromatic rings. The molecule has 2 amide bonds. The first-order chi connectivity index (χ1) is 33.0. The smallest absolute Gasteiger partial charge is 0.444 e. The Kier molecular flexibility index (Phi) is 17.8. The first-order valence-corrected chi connectivity index (χ1v) is 26.8. The van der Waals surface area contributed by atoms with Crippen LogP contribution in [0, 0.1) is 0 Å². The Morgan fingerprint density at radius 2 is 0.918 bits per heavy atom. The molecular formula is C51H80B3F3N2O13S. The number of carbonyl (C=O) groups is 2. The van der Waals surface area contributed by atoms with E-state index in [0.717, 1.165) is 50.1 Å². The Morgan fingerprint density at radius 3 is 1.29 bits per heavy atom. The molecule has 5 aliphatic rings. The topological polar surface area (TPSA) is 175 Å². The van der Waals surface area contributed by atoms with E-state index in [0.29, 0.717) is 24.0 Å². The summed E-state index contributed by atoms with van der Waals surface area (Å²) in [6, 6.07) is 9.85. The number of hydrogen-bond acceptors (Lipinski definition) is 13. The second-order valence-corrected chi connectivity index (χ2v) is 26.1. The first-order valence-electron chi connectivity index (χ1n) is 25.4. The Balaban J connectivity index is 0.000000208. The zero-order valence-electron chi connectivity index (χ0n) is 46.4. The number of nitrogens with one attached hydrogen (secondary N) is 2. The number of hydrogen-bond donors (Lipinski definition) is 2. The van der Waals surface area contributed by atoms with Crippen LogP contribution in [0.15, 0.2) is 36.4 Å². The molecule has 7 rings (SSSR count). The van der Waals surface area contributed by atoms with Crippen molar-refractivity contribution in [1.82, 2.24) is 10.6 Å². The number of amides is 2. The van der Waals surface area contributed by atoms with Gasteiger partial charge in [0.2, 0.25) is 0 Å². The lowest BCUT2D eigenvalue weighted by Gasteiger charge is -2.32. The summed E-state index contributed by atoms with van der Waals surface area (Å²) in [7, 11) is -7.05. The van der Waals surface area contributed by atoms with Gasteiger partial charge in [0, 0.05) is 0 Å². The van der Waals surface area contributed by atoms with E-state index in [9.17, 15) is 31.2 Å². The van der Waals surface area contributed by atoms with Crippen LogP contribution >= 0.6 is 0 Å². The molecule has 3 heterocycles. The van der Waals surface area contributed by atoms with Gasteiger partial charge in [0.25, 0.3) is 0 Å². The number of benzene rings is 2. The van der Waals surface area contributed by atoms with Gasteiger partial charge in [-0.2, -0.15) is 21.6 Å². The van der Waals surface area contributed by atoms with Crippen LogP contribution in [-0.2, 0) is 60.4 Å². The van der Waals surface area contributed by atoms with Crippen LogP contribution in [0.5, 0.6) is 5.75 Å². The van der Waals surface area contributed by atoms with Crippen molar-refractivity contribution in [2.75, 3.05) is 0 Å². The van der Waals surface area contributed by atoms with E-state index < -0.39 is 52.7 Å². The SMILES string of the molecule is CC(C)(C)OC(=O)N[C@@H]1CCCCc2cc(B3OC(C)(C)C(C)(C)O3)ccc21.CC(C)(C)OC(=O)N[C@@H]1CCCCc2cc(OS(=O)(=O)C(F)(F)F)ccc21.CC1(C)OB(B2OC(C)(C)C(C)(C)O2)OC1(C)C. The number of rotatable bonds is 6. The molecule has 3 aliphatic heterocycles. The monoisotopic (exact) mass is 1050 g/mol. The Hall–Kier alpha value is -3.53. The molecule has 0 saturated carbocycles. The Bertz CT molecular complexity index is 2320. The molecule has 0 unspecified atom stereocenters. The van der Waals surface area contributed by atoms with Gasteiger partial charge in [-0.05, 0) is 203 Å². The van der Waals surface area contributed by atoms with Crippen molar-refractivity contribution >= 4 is 48.9 Å². The van der Waals surface area contributed by atoms with E-state index in [1.54, 1.807) is 20.8 Å². The zero-order chi connectivity index (χ0) is 55.2. The van der Waals surface area contributed by atoms with Crippen LogP contribution in [-0.4, -0.2) is 92.1 Å². The van der Waals surface area contributed by atoms with Crippen molar-refractivity contribution < 1.29 is 72.8 Å². The third-order valence-corrected chi connectivity index (χ3v) is 15.6. The van der Waals surface area contributed by atoms with Gasteiger partial charge in [0.05, 0.1) is 45.7 Å². The maximum atomic E-state index is 12.5. The van der Waals surface area contributed by atoms with Gasteiger partial charge in [-0.3, -0.25) is 0 Å². The maximum absolute atomic E-state index is 12.5. The van der Waals surface area contributed by atoms with Crippen molar-refractivity contribution in [1.29, 1.82) is 0 Å². The summed E-state index contributed by atoms with van der Waals surface area (Å²) in [5.41, 5.74) is -4.02. The second-order valence-electron chi connectivity index (χ2n) is 24.5. The maximum Gasteiger partial charge on any atom is 0.534 e. The highest BCUT2D eigenvalue weighted by Gasteiger charge is 2.64. The van der Waals surface area contributed by atoms with Gasteiger partial charge in [-0.15, -0.1) is 0 Å². The highest BCUT2D eigenvalue weighted by atomic mass is 32.2. The van der Waals surface area contributed by atoms with Crippen molar-refractivity contribution in [3.05, 3.63) is 58.7 Å². The zero-order valence-corrected chi connectivity index (χ0v) is 47.2. The van der Waals surface area contributed by atoms with Crippen LogP contribution < -0.4 is 20.3 Å². The second kappa shape index (κ2) is 21.5. The summed E-state index contributed by atoms with van der Waals surface area (Å²) >= 11 is 0. The molecule has 0 spiro atoms. The van der Waals surface area contributed by atoms with Crippen LogP contribution in [0.4, 0.5) is 22.8 Å². The predicted octanol–water partition coefficient (Wildman–Crippen LogP) is 10.7. The van der Waals surface area contributed by atoms with Crippen LogP contribution in [0.1, 0.15) is 197 Å². The molecule has 15 nitrogen and oxygen atoms in total. The lowest BCUT2D eigenvalue weighted by atomic mass is 9.49. The molecule has 2 atom stereocenters. The number of aryl methyl sites for hydroxylation is 2. The number of alkyl carbamates (subject to hydrolysis) is 2.